The molecule has 0 radical (unpaired) electrons. The summed E-state index contributed by atoms with van der Waals surface area (Å²) < 4.78 is 5.42. The Kier molecular flexibility index (Phi) is 5.96. The molecule has 0 saturated heterocycles. The molecule has 0 N–H and O–H groups in total. The minimum atomic E-state index is -0.244. The zero-order chi connectivity index (χ0) is 15.1. The quantitative estimate of drug-likeness (QED) is 0.726. The first-order chi connectivity index (χ1) is 10.3. The second-order valence-electron chi connectivity index (χ2n) is 4.69. The summed E-state index contributed by atoms with van der Waals surface area (Å²) in [5.74, 6) is -0.244. The molecule has 3 nitrogen and oxygen atoms in total. The van der Waals surface area contributed by atoms with Crippen LogP contribution in [-0.4, -0.2) is 37.1 Å². The van der Waals surface area contributed by atoms with Crippen molar-refractivity contribution in [3.63, 3.8) is 0 Å². The minimum Gasteiger partial charge on any atom is -0.461 e. The van der Waals surface area contributed by atoms with Crippen LogP contribution in [0.5, 0.6) is 0 Å². The number of likely N-dealkylation sites (N-methyl/N-ethyl adjacent to an activating group) is 1. The Hall–Kier alpha value is -1.65. The van der Waals surface area contributed by atoms with Crippen molar-refractivity contribution in [2.45, 2.75) is 13.8 Å². The first-order valence-electron chi connectivity index (χ1n) is 7.28. The summed E-state index contributed by atoms with van der Waals surface area (Å²) in [7, 11) is 0. The fraction of sp³-hybridized carbons (Fsp3) is 0.353. The van der Waals surface area contributed by atoms with E-state index in [2.05, 4.69) is 18.7 Å². The fourth-order valence-electron chi connectivity index (χ4n) is 2.19. The first-order valence-corrected chi connectivity index (χ1v) is 8.16. The van der Waals surface area contributed by atoms with E-state index < -0.39 is 0 Å². The van der Waals surface area contributed by atoms with Crippen molar-refractivity contribution in [3.05, 3.63) is 47.3 Å². The maximum atomic E-state index is 12.3. The van der Waals surface area contributed by atoms with E-state index in [0.29, 0.717) is 12.2 Å². The van der Waals surface area contributed by atoms with Gasteiger partial charge in [-0.05, 0) is 30.6 Å². The summed E-state index contributed by atoms with van der Waals surface area (Å²) in [6.07, 6.45) is 0. The lowest BCUT2D eigenvalue weighted by atomic mass is 10.1. The second-order valence-corrected chi connectivity index (χ2v) is 5.63. The summed E-state index contributed by atoms with van der Waals surface area (Å²) in [6, 6.07) is 11.6. The van der Waals surface area contributed by atoms with Crippen LogP contribution < -0.4 is 0 Å². The highest BCUT2D eigenvalue weighted by atomic mass is 32.1. The third-order valence-corrected chi connectivity index (χ3v) is 4.37. The van der Waals surface area contributed by atoms with E-state index in [1.165, 1.54) is 0 Å². The van der Waals surface area contributed by atoms with E-state index in [9.17, 15) is 4.79 Å². The van der Waals surface area contributed by atoms with E-state index in [0.717, 1.165) is 30.1 Å². The normalized spacial score (nSPS) is 10.8. The fourth-order valence-corrected chi connectivity index (χ4v) is 2.96. The zero-order valence-electron chi connectivity index (χ0n) is 12.5. The Morgan fingerprint density at radius 3 is 2.57 bits per heavy atom. The number of thiophene rings is 1. The van der Waals surface area contributed by atoms with E-state index in [4.69, 9.17) is 4.74 Å². The SMILES string of the molecule is CCN(CC)CCOC(=O)c1ccccc1-c1cccs1. The van der Waals surface area contributed by atoms with Gasteiger partial charge in [-0.2, -0.15) is 0 Å². The van der Waals surface area contributed by atoms with Crippen LogP contribution in [0.3, 0.4) is 0 Å². The van der Waals surface area contributed by atoms with Crippen LogP contribution in [0, 0.1) is 0 Å². The summed E-state index contributed by atoms with van der Waals surface area (Å²) in [5.41, 5.74) is 1.58. The lowest BCUT2D eigenvalue weighted by molar-refractivity contribution is 0.0467. The highest BCUT2D eigenvalue weighted by molar-refractivity contribution is 7.13. The van der Waals surface area contributed by atoms with Crippen molar-refractivity contribution in [3.8, 4) is 10.4 Å². The molecule has 112 valence electrons. The Labute approximate surface area is 130 Å². The van der Waals surface area contributed by atoms with E-state index in [1.807, 2.05) is 41.8 Å². The first kappa shape index (κ1) is 15.7. The Morgan fingerprint density at radius 2 is 1.90 bits per heavy atom. The summed E-state index contributed by atoms with van der Waals surface area (Å²) in [4.78, 5) is 15.6. The van der Waals surface area contributed by atoms with Gasteiger partial charge in [0.15, 0.2) is 0 Å². The third kappa shape index (κ3) is 4.16. The molecule has 0 aliphatic carbocycles. The molecule has 2 rings (SSSR count). The van der Waals surface area contributed by atoms with Crippen LogP contribution in [-0.2, 0) is 4.74 Å². The average molecular weight is 303 g/mol. The van der Waals surface area contributed by atoms with Gasteiger partial charge in [-0.3, -0.25) is 0 Å². The molecular weight excluding hydrogens is 282 g/mol. The molecule has 0 unspecified atom stereocenters. The number of benzene rings is 1. The summed E-state index contributed by atoms with van der Waals surface area (Å²) in [5, 5.41) is 2.01. The predicted molar refractivity (Wildman–Crippen MR) is 87.8 cm³/mol. The molecule has 1 aromatic heterocycles. The molecule has 0 amide bonds. The highest BCUT2D eigenvalue weighted by Crippen LogP contribution is 2.28. The lowest BCUT2D eigenvalue weighted by Gasteiger charge is -2.17. The number of esters is 1. The smallest absolute Gasteiger partial charge is 0.338 e. The highest BCUT2D eigenvalue weighted by Gasteiger charge is 2.14. The standard InChI is InChI=1S/C17H21NO2S/c1-3-18(4-2)11-12-20-17(19)15-9-6-5-8-14(15)16-10-7-13-21-16/h5-10,13H,3-4,11-12H2,1-2H3. The van der Waals surface area contributed by atoms with Gasteiger partial charge in [0.1, 0.15) is 6.61 Å². The van der Waals surface area contributed by atoms with Crippen molar-refractivity contribution in [2.24, 2.45) is 0 Å². The van der Waals surface area contributed by atoms with Crippen LogP contribution in [0.1, 0.15) is 24.2 Å². The van der Waals surface area contributed by atoms with Crippen molar-refractivity contribution in [2.75, 3.05) is 26.2 Å². The van der Waals surface area contributed by atoms with E-state index in [-0.39, 0.29) is 5.97 Å². The van der Waals surface area contributed by atoms with E-state index >= 15 is 0 Å². The molecule has 0 spiro atoms. The minimum absolute atomic E-state index is 0.244. The molecule has 0 aliphatic rings. The lowest BCUT2D eigenvalue weighted by Crippen LogP contribution is -2.28. The van der Waals surface area contributed by atoms with Gasteiger partial charge in [0.05, 0.1) is 5.56 Å². The molecule has 1 heterocycles. The number of hydrogen-bond donors (Lipinski definition) is 0. The Bertz CT molecular complexity index is 562. The maximum absolute atomic E-state index is 12.3. The second kappa shape index (κ2) is 7.96. The van der Waals surface area contributed by atoms with Crippen LogP contribution in [0.2, 0.25) is 0 Å². The Morgan fingerprint density at radius 1 is 1.14 bits per heavy atom. The molecule has 0 aliphatic heterocycles. The van der Waals surface area contributed by atoms with Crippen LogP contribution in [0.15, 0.2) is 41.8 Å². The van der Waals surface area contributed by atoms with Crippen LogP contribution >= 0.6 is 11.3 Å². The summed E-state index contributed by atoms with van der Waals surface area (Å²) in [6.45, 7) is 7.37. The van der Waals surface area contributed by atoms with Gasteiger partial charge >= 0.3 is 5.97 Å². The van der Waals surface area contributed by atoms with Crippen LogP contribution in [0.4, 0.5) is 0 Å². The number of nitrogens with zero attached hydrogens (tertiary/aromatic N) is 1. The predicted octanol–water partition coefficient (Wildman–Crippen LogP) is 3.91. The topological polar surface area (TPSA) is 29.5 Å². The molecule has 4 heteroatoms. The number of carbonyl (C=O) groups is 1. The Balaban J connectivity index is 2.03. The molecular formula is C17H21NO2S. The average Bonchev–Trinajstić information content (AvgIpc) is 3.05. The molecule has 1 aromatic carbocycles. The van der Waals surface area contributed by atoms with Crippen molar-refractivity contribution >= 4 is 17.3 Å². The molecule has 0 bridgehead atoms. The molecule has 21 heavy (non-hydrogen) atoms. The van der Waals surface area contributed by atoms with E-state index in [1.54, 1.807) is 11.3 Å². The third-order valence-electron chi connectivity index (χ3n) is 3.47. The molecule has 0 atom stereocenters. The van der Waals surface area contributed by atoms with Crippen molar-refractivity contribution in [1.82, 2.24) is 4.90 Å². The number of hydrogen-bond acceptors (Lipinski definition) is 4. The zero-order valence-corrected chi connectivity index (χ0v) is 13.4. The monoisotopic (exact) mass is 303 g/mol. The van der Waals surface area contributed by atoms with Gasteiger partial charge in [-0.25, -0.2) is 4.79 Å². The van der Waals surface area contributed by atoms with Gasteiger partial charge < -0.3 is 9.64 Å². The number of ether oxygens (including phenoxy) is 1. The van der Waals surface area contributed by atoms with Crippen molar-refractivity contribution < 1.29 is 9.53 Å². The largest absolute Gasteiger partial charge is 0.461 e. The number of carbonyl (C=O) groups excluding carboxylic acids is 1. The maximum Gasteiger partial charge on any atom is 0.338 e. The van der Waals surface area contributed by atoms with Gasteiger partial charge in [-0.15, -0.1) is 11.3 Å². The number of rotatable bonds is 7. The molecule has 2 aromatic rings. The van der Waals surface area contributed by atoms with Crippen molar-refractivity contribution in [1.29, 1.82) is 0 Å². The summed E-state index contributed by atoms with van der Waals surface area (Å²) >= 11 is 1.63. The van der Waals surface area contributed by atoms with Gasteiger partial charge in [0, 0.05) is 17.0 Å². The van der Waals surface area contributed by atoms with Gasteiger partial charge in [0.25, 0.3) is 0 Å². The molecule has 0 fully saturated rings. The van der Waals surface area contributed by atoms with Crippen LogP contribution in [0.25, 0.3) is 10.4 Å². The van der Waals surface area contributed by atoms with Gasteiger partial charge in [-0.1, -0.05) is 38.1 Å². The molecule has 0 saturated carbocycles. The van der Waals surface area contributed by atoms with Gasteiger partial charge in [0.2, 0.25) is 0 Å².